The Morgan fingerprint density at radius 1 is 0.722 bits per heavy atom. The van der Waals surface area contributed by atoms with Crippen LogP contribution in [0.15, 0.2) is 54.6 Å². The lowest BCUT2D eigenvalue weighted by Crippen LogP contribution is -2.06. The first kappa shape index (κ1) is 9.78. The third-order valence-electron chi connectivity index (χ3n) is 3.62. The summed E-state index contributed by atoms with van der Waals surface area (Å²) in [5.74, 6) is 1.91. The normalized spacial score (nSPS) is 12.0. The van der Waals surface area contributed by atoms with Crippen molar-refractivity contribution in [3.05, 3.63) is 54.6 Å². The summed E-state index contributed by atoms with van der Waals surface area (Å²) in [5, 5.41) is 2.51. The van der Waals surface area contributed by atoms with Gasteiger partial charge < -0.3 is 4.74 Å². The van der Waals surface area contributed by atoms with Crippen LogP contribution >= 0.6 is 0 Å². The summed E-state index contributed by atoms with van der Waals surface area (Å²) in [4.78, 5) is 0. The van der Waals surface area contributed by atoms with Crippen LogP contribution in [0.4, 0.5) is 0 Å². The fraction of sp³-hybridized carbons (Fsp3) is 0. The van der Waals surface area contributed by atoms with Crippen molar-refractivity contribution >= 4 is 24.1 Å². The van der Waals surface area contributed by atoms with Crippen LogP contribution in [-0.4, -0.2) is 7.85 Å². The minimum Gasteiger partial charge on any atom is -0.456 e. The highest BCUT2D eigenvalue weighted by Crippen LogP contribution is 2.45. The number of hydrogen-bond donors (Lipinski definition) is 0. The Morgan fingerprint density at radius 3 is 2.50 bits per heavy atom. The first-order chi connectivity index (χ1) is 8.84. The first-order valence-corrected chi connectivity index (χ1v) is 6.14. The minimum atomic E-state index is 0.946. The Kier molecular flexibility index (Phi) is 1.84. The summed E-state index contributed by atoms with van der Waals surface area (Å²) in [6.07, 6.45) is 0. The number of hydrogen-bond acceptors (Lipinski definition) is 1. The molecule has 1 nitrogen and oxygen atoms in total. The molecular formula is C16H11BO. The monoisotopic (exact) mass is 230 g/mol. The molecule has 4 rings (SSSR count). The number of para-hydroxylation sites is 1. The Morgan fingerprint density at radius 2 is 1.56 bits per heavy atom. The maximum Gasteiger partial charge on any atom is 0.140 e. The molecule has 0 unspecified atom stereocenters. The first-order valence-electron chi connectivity index (χ1n) is 6.14. The van der Waals surface area contributed by atoms with E-state index >= 15 is 0 Å². The molecule has 1 aliphatic heterocycles. The predicted octanol–water partition coefficient (Wildman–Crippen LogP) is 2.87. The van der Waals surface area contributed by atoms with Crippen molar-refractivity contribution in [1.82, 2.24) is 0 Å². The average Bonchev–Trinajstić information content (AvgIpc) is 2.43. The topological polar surface area (TPSA) is 9.23 Å². The van der Waals surface area contributed by atoms with Gasteiger partial charge >= 0.3 is 0 Å². The summed E-state index contributed by atoms with van der Waals surface area (Å²) >= 11 is 0. The van der Waals surface area contributed by atoms with Gasteiger partial charge in [-0.05, 0) is 23.1 Å². The highest BCUT2D eigenvalue weighted by molar-refractivity contribution is 6.39. The van der Waals surface area contributed by atoms with E-state index in [0.29, 0.717) is 0 Å². The van der Waals surface area contributed by atoms with Gasteiger partial charge in [-0.1, -0.05) is 47.9 Å². The summed E-state index contributed by atoms with van der Waals surface area (Å²) in [7, 11) is 2.14. The summed E-state index contributed by atoms with van der Waals surface area (Å²) < 4.78 is 6.00. The molecule has 1 aliphatic rings. The lowest BCUT2D eigenvalue weighted by atomic mass is 9.86. The van der Waals surface area contributed by atoms with Crippen molar-refractivity contribution in [2.24, 2.45) is 0 Å². The third-order valence-corrected chi connectivity index (χ3v) is 3.62. The second-order valence-corrected chi connectivity index (χ2v) is 4.71. The Hall–Kier alpha value is -2.22. The molecule has 0 amide bonds. The van der Waals surface area contributed by atoms with Gasteiger partial charge in [0.25, 0.3) is 0 Å². The zero-order valence-electron chi connectivity index (χ0n) is 10.1. The molecule has 3 aromatic rings. The molecule has 0 N–H and O–H groups in total. The van der Waals surface area contributed by atoms with Crippen LogP contribution < -0.4 is 10.2 Å². The predicted molar refractivity (Wildman–Crippen MR) is 77.6 cm³/mol. The zero-order chi connectivity index (χ0) is 12.1. The number of benzene rings is 3. The second kappa shape index (κ2) is 3.39. The molecule has 0 aliphatic carbocycles. The van der Waals surface area contributed by atoms with E-state index in [2.05, 4.69) is 50.3 Å². The van der Waals surface area contributed by atoms with Crippen LogP contribution in [0.5, 0.6) is 11.5 Å². The molecular weight excluding hydrogens is 219 g/mol. The smallest absolute Gasteiger partial charge is 0.140 e. The van der Waals surface area contributed by atoms with Gasteiger partial charge in [0.2, 0.25) is 0 Å². The third kappa shape index (κ3) is 1.18. The van der Waals surface area contributed by atoms with Gasteiger partial charge in [0.1, 0.15) is 19.3 Å². The molecule has 0 fully saturated rings. The average molecular weight is 230 g/mol. The standard InChI is InChI=1S/C16H11BO/c17-13-8-9-15-16-11(5-3-6-12(13)16)10-4-1-2-7-14(10)18-15/h1-9H,17H2. The number of fused-ring (bicyclic) bond motifs is 2. The lowest BCUT2D eigenvalue weighted by Gasteiger charge is -2.21. The Labute approximate surface area is 106 Å². The molecule has 1 heterocycles. The highest BCUT2D eigenvalue weighted by atomic mass is 16.5. The molecule has 2 heteroatoms. The van der Waals surface area contributed by atoms with Crippen molar-refractivity contribution < 1.29 is 4.74 Å². The molecule has 3 aromatic carbocycles. The largest absolute Gasteiger partial charge is 0.456 e. The van der Waals surface area contributed by atoms with Gasteiger partial charge in [-0.2, -0.15) is 0 Å². The summed E-state index contributed by atoms with van der Waals surface area (Å²) in [5.41, 5.74) is 3.74. The van der Waals surface area contributed by atoms with Crippen LogP contribution in [0.25, 0.3) is 21.9 Å². The molecule has 0 saturated heterocycles. The van der Waals surface area contributed by atoms with E-state index in [9.17, 15) is 0 Å². The molecule has 18 heavy (non-hydrogen) atoms. The van der Waals surface area contributed by atoms with Gasteiger partial charge in [-0.3, -0.25) is 0 Å². The van der Waals surface area contributed by atoms with Crippen molar-refractivity contribution in [2.75, 3.05) is 0 Å². The van der Waals surface area contributed by atoms with Gasteiger partial charge in [0.05, 0.1) is 0 Å². The second-order valence-electron chi connectivity index (χ2n) is 4.71. The summed E-state index contributed by atoms with van der Waals surface area (Å²) in [6, 6.07) is 18.9. The van der Waals surface area contributed by atoms with E-state index < -0.39 is 0 Å². The highest BCUT2D eigenvalue weighted by Gasteiger charge is 2.19. The minimum absolute atomic E-state index is 0.946. The molecule has 0 radical (unpaired) electrons. The van der Waals surface area contributed by atoms with E-state index in [1.54, 1.807) is 0 Å². The quantitative estimate of drug-likeness (QED) is 0.422. The fourth-order valence-electron chi connectivity index (χ4n) is 2.73. The summed E-state index contributed by atoms with van der Waals surface area (Å²) in [6.45, 7) is 0. The van der Waals surface area contributed by atoms with Crippen LogP contribution in [0.2, 0.25) is 0 Å². The van der Waals surface area contributed by atoms with Crippen molar-refractivity contribution in [3.8, 4) is 22.6 Å². The van der Waals surface area contributed by atoms with Crippen LogP contribution in [0.1, 0.15) is 0 Å². The van der Waals surface area contributed by atoms with E-state index in [-0.39, 0.29) is 0 Å². The maximum atomic E-state index is 6.00. The Bertz CT molecular complexity index is 777. The molecule has 0 spiro atoms. The number of rotatable bonds is 0. The van der Waals surface area contributed by atoms with E-state index in [4.69, 9.17) is 4.74 Å². The van der Waals surface area contributed by atoms with Gasteiger partial charge in [0.15, 0.2) is 0 Å². The Balaban J connectivity index is 2.22. The van der Waals surface area contributed by atoms with Crippen LogP contribution in [0.3, 0.4) is 0 Å². The van der Waals surface area contributed by atoms with Crippen molar-refractivity contribution in [1.29, 1.82) is 0 Å². The van der Waals surface area contributed by atoms with E-state index in [1.807, 2.05) is 12.1 Å². The van der Waals surface area contributed by atoms with Crippen molar-refractivity contribution in [3.63, 3.8) is 0 Å². The van der Waals surface area contributed by atoms with E-state index in [1.165, 1.54) is 27.4 Å². The molecule has 0 bridgehead atoms. The maximum absolute atomic E-state index is 6.00. The lowest BCUT2D eigenvalue weighted by molar-refractivity contribution is 0.487. The SMILES string of the molecule is Bc1ccc2c3c(cccc13)-c1ccccc1O2. The molecule has 0 saturated carbocycles. The van der Waals surface area contributed by atoms with Gasteiger partial charge in [-0.25, -0.2) is 0 Å². The van der Waals surface area contributed by atoms with Gasteiger partial charge in [-0.15, -0.1) is 0 Å². The van der Waals surface area contributed by atoms with E-state index in [0.717, 1.165) is 11.5 Å². The van der Waals surface area contributed by atoms with Gasteiger partial charge in [0, 0.05) is 10.9 Å². The molecule has 0 aromatic heterocycles. The molecule has 0 atom stereocenters. The fourth-order valence-corrected chi connectivity index (χ4v) is 2.73. The zero-order valence-corrected chi connectivity index (χ0v) is 10.1. The number of ether oxygens (including phenoxy) is 1. The van der Waals surface area contributed by atoms with Crippen molar-refractivity contribution in [2.45, 2.75) is 0 Å². The van der Waals surface area contributed by atoms with Crippen LogP contribution in [-0.2, 0) is 0 Å². The van der Waals surface area contributed by atoms with Crippen LogP contribution in [0, 0.1) is 0 Å². The molecule has 84 valence electrons.